The van der Waals surface area contributed by atoms with E-state index in [4.69, 9.17) is 4.99 Å². The highest BCUT2D eigenvalue weighted by molar-refractivity contribution is 14.0. The number of nitrogens with one attached hydrogen (secondary N) is 2. The summed E-state index contributed by atoms with van der Waals surface area (Å²) in [5, 5.41) is 6.70. The Morgan fingerprint density at radius 2 is 1.78 bits per heavy atom. The standard InChI is InChI=1S/C19H36N4O2S.HI/c1-2-20-18(22-17-9-14-26(24,25)15-17)21-16-19(10-5-3-6-11-19)23-12-7-4-8-13-23;/h17H,2-16H2,1H3,(H2,20,21,22);1H. The number of piperidine rings is 1. The summed E-state index contributed by atoms with van der Waals surface area (Å²) in [5.41, 5.74) is 0.211. The average Bonchev–Trinajstić information content (AvgIpc) is 3.00. The quantitative estimate of drug-likeness (QED) is 0.337. The van der Waals surface area contributed by atoms with E-state index in [2.05, 4.69) is 22.5 Å². The van der Waals surface area contributed by atoms with Crippen LogP contribution in [0.3, 0.4) is 0 Å². The third-order valence-corrected chi connectivity index (χ3v) is 8.03. The van der Waals surface area contributed by atoms with Gasteiger partial charge in [-0.1, -0.05) is 25.7 Å². The molecule has 3 fully saturated rings. The van der Waals surface area contributed by atoms with Crippen LogP contribution in [0.25, 0.3) is 0 Å². The average molecular weight is 513 g/mol. The van der Waals surface area contributed by atoms with Crippen molar-refractivity contribution in [2.75, 3.05) is 37.7 Å². The van der Waals surface area contributed by atoms with Crippen LogP contribution in [0.1, 0.15) is 64.7 Å². The lowest BCUT2D eigenvalue weighted by Crippen LogP contribution is -2.55. The molecule has 3 rings (SSSR count). The molecule has 0 radical (unpaired) electrons. The first-order chi connectivity index (χ1) is 12.5. The van der Waals surface area contributed by atoms with Crippen molar-refractivity contribution in [2.24, 2.45) is 4.99 Å². The third kappa shape index (κ3) is 6.45. The molecule has 1 aliphatic carbocycles. The molecule has 1 saturated carbocycles. The number of halogens is 1. The van der Waals surface area contributed by atoms with Crippen molar-refractivity contribution in [1.29, 1.82) is 0 Å². The molecule has 1 unspecified atom stereocenters. The Balaban J connectivity index is 0.00000261. The lowest BCUT2D eigenvalue weighted by Gasteiger charge is -2.47. The number of hydrogen-bond donors (Lipinski definition) is 2. The van der Waals surface area contributed by atoms with Gasteiger partial charge in [0.2, 0.25) is 0 Å². The minimum Gasteiger partial charge on any atom is -0.357 e. The van der Waals surface area contributed by atoms with Gasteiger partial charge in [0.25, 0.3) is 0 Å². The molecule has 0 aromatic heterocycles. The predicted octanol–water partition coefficient (Wildman–Crippen LogP) is 2.54. The fourth-order valence-electron chi connectivity index (χ4n) is 4.80. The summed E-state index contributed by atoms with van der Waals surface area (Å²) in [6.07, 6.45) is 11.1. The number of sulfone groups is 1. The van der Waals surface area contributed by atoms with Gasteiger partial charge in [-0.3, -0.25) is 9.89 Å². The summed E-state index contributed by atoms with van der Waals surface area (Å²) < 4.78 is 23.5. The first-order valence-corrected chi connectivity index (χ1v) is 12.4. The summed E-state index contributed by atoms with van der Waals surface area (Å²) in [4.78, 5) is 7.66. The summed E-state index contributed by atoms with van der Waals surface area (Å²) in [5.74, 6) is 1.31. The number of rotatable bonds is 5. The zero-order valence-corrected chi connectivity index (χ0v) is 19.9. The Morgan fingerprint density at radius 3 is 2.37 bits per heavy atom. The van der Waals surface area contributed by atoms with E-state index in [9.17, 15) is 8.42 Å². The molecule has 3 aliphatic rings. The maximum atomic E-state index is 11.7. The highest BCUT2D eigenvalue weighted by Crippen LogP contribution is 2.35. The van der Waals surface area contributed by atoms with Crippen LogP contribution in [0.4, 0.5) is 0 Å². The molecule has 0 aromatic rings. The van der Waals surface area contributed by atoms with E-state index in [1.807, 2.05) is 0 Å². The van der Waals surface area contributed by atoms with Gasteiger partial charge < -0.3 is 10.6 Å². The fraction of sp³-hybridized carbons (Fsp3) is 0.947. The smallest absolute Gasteiger partial charge is 0.191 e. The summed E-state index contributed by atoms with van der Waals surface area (Å²) in [6.45, 7) is 6.09. The highest BCUT2D eigenvalue weighted by Gasteiger charge is 2.38. The van der Waals surface area contributed by atoms with Gasteiger partial charge in [0.1, 0.15) is 0 Å². The summed E-state index contributed by atoms with van der Waals surface area (Å²) in [6, 6.07) is -0.00454. The van der Waals surface area contributed by atoms with Crippen LogP contribution in [-0.4, -0.2) is 68.5 Å². The van der Waals surface area contributed by atoms with Gasteiger partial charge in [-0.2, -0.15) is 0 Å². The maximum Gasteiger partial charge on any atom is 0.191 e. The molecule has 0 bridgehead atoms. The van der Waals surface area contributed by atoms with Gasteiger partial charge >= 0.3 is 0 Å². The van der Waals surface area contributed by atoms with Crippen molar-refractivity contribution in [2.45, 2.75) is 76.3 Å². The van der Waals surface area contributed by atoms with Crippen molar-refractivity contribution >= 4 is 39.8 Å². The third-order valence-electron chi connectivity index (χ3n) is 6.26. The number of hydrogen-bond acceptors (Lipinski definition) is 4. The normalized spacial score (nSPS) is 28.3. The monoisotopic (exact) mass is 512 g/mol. The Hall–Kier alpha value is -0.0900. The zero-order chi connectivity index (χ0) is 18.5. The molecule has 6 nitrogen and oxygen atoms in total. The lowest BCUT2D eigenvalue weighted by molar-refractivity contribution is 0.0407. The van der Waals surface area contributed by atoms with Crippen LogP contribution in [-0.2, 0) is 9.84 Å². The van der Waals surface area contributed by atoms with Gasteiger partial charge in [0, 0.05) is 18.1 Å². The van der Waals surface area contributed by atoms with Gasteiger partial charge in [0.05, 0.1) is 18.1 Å². The molecule has 2 heterocycles. The van der Waals surface area contributed by atoms with Crippen molar-refractivity contribution in [3.05, 3.63) is 0 Å². The fourth-order valence-corrected chi connectivity index (χ4v) is 6.47. The van der Waals surface area contributed by atoms with Crippen molar-refractivity contribution < 1.29 is 8.42 Å². The van der Waals surface area contributed by atoms with E-state index in [0.29, 0.717) is 12.2 Å². The Bertz CT molecular complexity index is 585. The van der Waals surface area contributed by atoms with Gasteiger partial charge in [-0.25, -0.2) is 8.42 Å². The van der Waals surface area contributed by atoms with Crippen LogP contribution in [0.5, 0.6) is 0 Å². The zero-order valence-electron chi connectivity index (χ0n) is 16.7. The molecule has 27 heavy (non-hydrogen) atoms. The largest absolute Gasteiger partial charge is 0.357 e. The maximum absolute atomic E-state index is 11.7. The predicted molar refractivity (Wildman–Crippen MR) is 123 cm³/mol. The van der Waals surface area contributed by atoms with Gasteiger partial charge in [0.15, 0.2) is 15.8 Å². The van der Waals surface area contributed by atoms with Crippen LogP contribution >= 0.6 is 24.0 Å². The first-order valence-electron chi connectivity index (χ1n) is 10.5. The Kier molecular flexibility index (Phi) is 9.12. The Labute approximate surface area is 182 Å². The van der Waals surface area contributed by atoms with Crippen LogP contribution in [0.2, 0.25) is 0 Å². The lowest BCUT2D eigenvalue weighted by atomic mass is 9.79. The molecular weight excluding hydrogens is 475 g/mol. The molecule has 0 aromatic carbocycles. The van der Waals surface area contributed by atoms with Crippen molar-refractivity contribution in [1.82, 2.24) is 15.5 Å². The second kappa shape index (κ2) is 10.6. The van der Waals surface area contributed by atoms with E-state index >= 15 is 0 Å². The molecule has 0 amide bonds. The summed E-state index contributed by atoms with van der Waals surface area (Å²) in [7, 11) is -2.87. The second-order valence-electron chi connectivity index (χ2n) is 8.27. The molecular formula is C19H37IN4O2S. The molecule has 2 saturated heterocycles. The van der Waals surface area contributed by atoms with Crippen LogP contribution < -0.4 is 10.6 Å². The number of likely N-dealkylation sites (tertiary alicyclic amines) is 1. The molecule has 2 aliphatic heterocycles. The molecule has 158 valence electrons. The van der Waals surface area contributed by atoms with E-state index in [0.717, 1.165) is 19.0 Å². The topological polar surface area (TPSA) is 73.8 Å². The van der Waals surface area contributed by atoms with Crippen molar-refractivity contribution in [3.63, 3.8) is 0 Å². The first kappa shape index (κ1) is 23.2. The Morgan fingerprint density at radius 1 is 1.11 bits per heavy atom. The highest BCUT2D eigenvalue weighted by atomic mass is 127. The van der Waals surface area contributed by atoms with Gasteiger partial charge in [-0.05, 0) is 52.1 Å². The van der Waals surface area contributed by atoms with Crippen LogP contribution in [0, 0.1) is 0 Å². The minimum atomic E-state index is -2.87. The molecule has 1 atom stereocenters. The SMILES string of the molecule is CCNC(=NCC1(N2CCCCC2)CCCCC1)NC1CCS(=O)(=O)C1.I. The van der Waals surface area contributed by atoms with E-state index < -0.39 is 9.84 Å². The minimum absolute atomic E-state index is 0. The van der Waals surface area contributed by atoms with E-state index in [-0.39, 0.29) is 41.3 Å². The van der Waals surface area contributed by atoms with E-state index in [1.165, 1.54) is 64.5 Å². The van der Waals surface area contributed by atoms with Crippen molar-refractivity contribution in [3.8, 4) is 0 Å². The molecule has 8 heteroatoms. The number of nitrogens with zero attached hydrogens (tertiary/aromatic N) is 2. The van der Waals surface area contributed by atoms with E-state index in [1.54, 1.807) is 0 Å². The van der Waals surface area contributed by atoms with Gasteiger partial charge in [-0.15, -0.1) is 24.0 Å². The second-order valence-corrected chi connectivity index (χ2v) is 10.5. The molecule has 2 N–H and O–H groups in total. The number of aliphatic imine (C=N–C) groups is 1. The van der Waals surface area contributed by atoms with Crippen LogP contribution in [0.15, 0.2) is 4.99 Å². The molecule has 0 spiro atoms. The summed E-state index contributed by atoms with van der Waals surface area (Å²) >= 11 is 0. The number of guanidine groups is 1.